The Kier molecular flexibility index (Phi) is 3.20. The van der Waals surface area contributed by atoms with Crippen molar-refractivity contribution in [3.05, 3.63) is 36.1 Å². The van der Waals surface area contributed by atoms with E-state index in [0.29, 0.717) is 0 Å². The molecule has 0 saturated carbocycles. The van der Waals surface area contributed by atoms with Crippen LogP contribution in [-0.4, -0.2) is 30.6 Å². The van der Waals surface area contributed by atoms with Gasteiger partial charge in [-0.2, -0.15) is 0 Å². The first-order valence-electron chi connectivity index (χ1n) is 6.05. The van der Waals surface area contributed by atoms with E-state index in [0.717, 1.165) is 38.1 Å². The molecule has 88 valence electrons. The van der Waals surface area contributed by atoms with E-state index < -0.39 is 0 Å². The Morgan fingerprint density at radius 1 is 1.38 bits per heavy atom. The average Bonchev–Trinajstić information content (AvgIpc) is 2.62. The second-order valence-electron chi connectivity index (χ2n) is 4.86. The third-order valence-electron chi connectivity index (χ3n) is 3.62. The number of hydrogen-bond donors (Lipinski definition) is 0. The van der Waals surface area contributed by atoms with Crippen molar-refractivity contribution in [3.63, 3.8) is 0 Å². The number of piperidine rings is 1. The van der Waals surface area contributed by atoms with Gasteiger partial charge in [0.1, 0.15) is 11.4 Å². The van der Waals surface area contributed by atoms with Crippen molar-refractivity contribution >= 4 is 0 Å². The highest BCUT2D eigenvalue weighted by Crippen LogP contribution is 2.41. The molecule has 2 nitrogen and oxygen atoms in total. The van der Waals surface area contributed by atoms with E-state index in [1.54, 1.807) is 0 Å². The molecule has 1 spiro atoms. The summed E-state index contributed by atoms with van der Waals surface area (Å²) in [6, 6.07) is 0. The highest BCUT2D eigenvalue weighted by atomic mass is 16.5. The van der Waals surface area contributed by atoms with Gasteiger partial charge in [0.15, 0.2) is 0 Å². The summed E-state index contributed by atoms with van der Waals surface area (Å²) in [5.74, 6) is 1.03. The van der Waals surface area contributed by atoms with Gasteiger partial charge in [0.05, 0.1) is 0 Å². The van der Waals surface area contributed by atoms with Crippen molar-refractivity contribution in [2.24, 2.45) is 0 Å². The van der Waals surface area contributed by atoms with E-state index in [1.807, 2.05) is 19.1 Å². The number of hydrogen-bond acceptors (Lipinski definition) is 2. The van der Waals surface area contributed by atoms with E-state index in [1.165, 1.54) is 5.57 Å². The topological polar surface area (TPSA) is 12.5 Å². The third-order valence-corrected chi connectivity index (χ3v) is 3.62. The molecule has 2 rings (SSSR count). The predicted molar refractivity (Wildman–Crippen MR) is 67.2 cm³/mol. The lowest BCUT2D eigenvalue weighted by atomic mass is 9.87. The van der Waals surface area contributed by atoms with Gasteiger partial charge in [0, 0.05) is 32.4 Å². The van der Waals surface area contributed by atoms with Crippen LogP contribution in [0, 0.1) is 0 Å². The van der Waals surface area contributed by atoms with Crippen molar-refractivity contribution in [2.45, 2.75) is 31.8 Å². The first-order valence-corrected chi connectivity index (χ1v) is 6.05. The second-order valence-corrected chi connectivity index (χ2v) is 4.86. The molecule has 0 atom stereocenters. The number of likely N-dealkylation sites (tertiary alicyclic amines) is 1. The van der Waals surface area contributed by atoms with Gasteiger partial charge in [-0.1, -0.05) is 18.7 Å². The van der Waals surface area contributed by atoms with E-state index in [2.05, 4.69) is 24.6 Å². The molecule has 0 aliphatic carbocycles. The van der Waals surface area contributed by atoms with Crippen LogP contribution in [0.5, 0.6) is 0 Å². The normalized spacial score (nSPS) is 25.4. The summed E-state index contributed by atoms with van der Waals surface area (Å²) in [6.07, 6.45) is 9.33. The second kappa shape index (κ2) is 4.46. The Bertz CT molecular complexity index is 333. The van der Waals surface area contributed by atoms with Gasteiger partial charge < -0.3 is 9.64 Å². The van der Waals surface area contributed by atoms with Crippen LogP contribution in [0.15, 0.2) is 36.1 Å². The van der Waals surface area contributed by atoms with Gasteiger partial charge in [0.2, 0.25) is 0 Å². The number of rotatable bonds is 2. The predicted octanol–water partition coefficient (Wildman–Crippen LogP) is 2.89. The molecule has 0 aromatic heterocycles. The third kappa shape index (κ3) is 2.07. The maximum absolute atomic E-state index is 6.18. The fraction of sp³-hybridized carbons (Fsp3) is 0.571. The minimum absolute atomic E-state index is 0.0604. The molecular weight excluding hydrogens is 198 g/mol. The van der Waals surface area contributed by atoms with Crippen molar-refractivity contribution in [1.82, 2.24) is 4.90 Å². The van der Waals surface area contributed by atoms with Gasteiger partial charge in [-0.05, 0) is 25.6 Å². The van der Waals surface area contributed by atoms with Crippen LogP contribution in [0.2, 0.25) is 0 Å². The molecule has 0 amide bonds. The Hall–Kier alpha value is -1.02. The highest BCUT2D eigenvalue weighted by Gasteiger charge is 2.41. The SMILES string of the molecule is C=CC1=C(/C=C\C)OC2(CCN(C)CC2)C1. The molecule has 0 N–H and O–H groups in total. The van der Waals surface area contributed by atoms with Crippen LogP contribution >= 0.6 is 0 Å². The minimum Gasteiger partial charge on any atom is -0.487 e. The van der Waals surface area contributed by atoms with Gasteiger partial charge >= 0.3 is 0 Å². The molecular formula is C14H21NO. The fourth-order valence-electron chi connectivity index (χ4n) is 2.54. The number of nitrogens with zero attached hydrogens (tertiary/aromatic N) is 1. The van der Waals surface area contributed by atoms with Crippen LogP contribution in [0.3, 0.4) is 0 Å². The van der Waals surface area contributed by atoms with Crippen LogP contribution in [0.4, 0.5) is 0 Å². The summed E-state index contributed by atoms with van der Waals surface area (Å²) in [4.78, 5) is 2.37. The van der Waals surface area contributed by atoms with Crippen LogP contribution in [-0.2, 0) is 4.74 Å². The molecule has 2 heteroatoms. The molecule has 2 aliphatic heterocycles. The molecule has 2 heterocycles. The molecule has 0 bridgehead atoms. The van der Waals surface area contributed by atoms with Crippen LogP contribution in [0.1, 0.15) is 26.2 Å². The van der Waals surface area contributed by atoms with Gasteiger partial charge in [0.25, 0.3) is 0 Å². The van der Waals surface area contributed by atoms with Crippen molar-refractivity contribution in [2.75, 3.05) is 20.1 Å². The molecule has 16 heavy (non-hydrogen) atoms. The van der Waals surface area contributed by atoms with Gasteiger partial charge in [-0.25, -0.2) is 0 Å². The molecule has 0 unspecified atom stereocenters. The monoisotopic (exact) mass is 219 g/mol. The zero-order chi connectivity index (χ0) is 11.6. The van der Waals surface area contributed by atoms with E-state index >= 15 is 0 Å². The van der Waals surface area contributed by atoms with Crippen molar-refractivity contribution in [1.29, 1.82) is 0 Å². The Labute approximate surface area is 98.3 Å². The lowest BCUT2D eigenvalue weighted by molar-refractivity contribution is -0.0191. The van der Waals surface area contributed by atoms with E-state index in [9.17, 15) is 0 Å². The molecule has 1 saturated heterocycles. The zero-order valence-corrected chi connectivity index (χ0v) is 10.3. The average molecular weight is 219 g/mol. The smallest absolute Gasteiger partial charge is 0.123 e. The molecule has 0 aromatic rings. The maximum Gasteiger partial charge on any atom is 0.123 e. The number of allylic oxidation sites excluding steroid dienone is 3. The summed E-state index contributed by atoms with van der Waals surface area (Å²) in [5.41, 5.74) is 1.33. The minimum atomic E-state index is 0.0604. The van der Waals surface area contributed by atoms with E-state index in [4.69, 9.17) is 4.74 Å². The van der Waals surface area contributed by atoms with Gasteiger partial charge in [-0.3, -0.25) is 0 Å². The summed E-state index contributed by atoms with van der Waals surface area (Å²) in [7, 11) is 2.18. The maximum atomic E-state index is 6.18. The fourth-order valence-corrected chi connectivity index (χ4v) is 2.54. The van der Waals surface area contributed by atoms with Crippen LogP contribution < -0.4 is 0 Å². The summed E-state index contributed by atoms with van der Waals surface area (Å²) >= 11 is 0. The van der Waals surface area contributed by atoms with Crippen molar-refractivity contribution < 1.29 is 4.74 Å². The highest BCUT2D eigenvalue weighted by molar-refractivity contribution is 5.34. The largest absolute Gasteiger partial charge is 0.487 e. The number of ether oxygens (including phenoxy) is 1. The molecule has 0 radical (unpaired) electrons. The van der Waals surface area contributed by atoms with Crippen molar-refractivity contribution in [3.8, 4) is 0 Å². The first-order chi connectivity index (χ1) is 7.69. The molecule has 0 aromatic carbocycles. The zero-order valence-electron chi connectivity index (χ0n) is 10.3. The Morgan fingerprint density at radius 3 is 2.62 bits per heavy atom. The van der Waals surface area contributed by atoms with Gasteiger partial charge in [-0.15, -0.1) is 0 Å². The Morgan fingerprint density at radius 2 is 2.06 bits per heavy atom. The lowest BCUT2D eigenvalue weighted by Gasteiger charge is -2.37. The summed E-state index contributed by atoms with van der Waals surface area (Å²) < 4.78 is 6.18. The standard InChI is InChI=1S/C14H21NO/c1-4-6-13-12(5-2)11-14(16-13)7-9-15(3)10-8-14/h4-6H,2,7-11H2,1,3H3/b6-4-. The summed E-state index contributed by atoms with van der Waals surface area (Å²) in [5, 5.41) is 0. The molecule has 1 fully saturated rings. The quantitative estimate of drug-likeness (QED) is 0.708. The lowest BCUT2D eigenvalue weighted by Crippen LogP contribution is -2.42. The van der Waals surface area contributed by atoms with E-state index in [-0.39, 0.29) is 5.60 Å². The Balaban J connectivity index is 2.11. The first kappa shape index (κ1) is 11.5. The van der Waals surface area contributed by atoms with Crippen LogP contribution in [0.25, 0.3) is 0 Å². The molecule has 2 aliphatic rings. The summed E-state index contributed by atoms with van der Waals surface area (Å²) in [6.45, 7) is 8.18.